The zero-order valence-electron chi connectivity index (χ0n) is 32.2. The van der Waals surface area contributed by atoms with Crippen LogP contribution in [0.15, 0.2) is 194 Å². The number of hydrogen-bond acceptors (Lipinski definition) is 4. The highest BCUT2D eigenvalue weighted by molar-refractivity contribution is 7.26. The number of thiophene rings is 1. The molecule has 0 unspecified atom stereocenters. The Bertz CT molecular complexity index is 3540. The molecule has 0 bridgehead atoms. The summed E-state index contributed by atoms with van der Waals surface area (Å²) in [5, 5.41) is 4.86. The number of para-hydroxylation sites is 3. The van der Waals surface area contributed by atoms with Gasteiger partial charge in [0, 0.05) is 37.9 Å². The van der Waals surface area contributed by atoms with Gasteiger partial charge < -0.3 is 9.47 Å². The maximum atomic E-state index is 7.13. The summed E-state index contributed by atoms with van der Waals surface area (Å²) in [5.41, 5.74) is 11.5. The van der Waals surface area contributed by atoms with Crippen LogP contribution in [0.1, 0.15) is 0 Å². The van der Waals surface area contributed by atoms with Gasteiger partial charge in [-0.05, 0) is 70.0 Å². The van der Waals surface area contributed by atoms with Crippen LogP contribution in [0.5, 0.6) is 23.0 Å². The highest BCUT2D eigenvalue weighted by Crippen LogP contribution is 2.40. The van der Waals surface area contributed by atoms with Crippen molar-refractivity contribution in [2.75, 3.05) is 0 Å². The Morgan fingerprint density at radius 2 is 1.15 bits per heavy atom. The second-order valence-electron chi connectivity index (χ2n) is 15.7. The summed E-state index contributed by atoms with van der Waals surface area (Å²) in [7, 11) is 0. The zero-order valence-corrected chi connectivity index (χ0v) is 33.1. The Kier molecular flexibility index (Phi) is 7.33. The number of fused-ring (bicyclic) bond motifs is 11. The molecule has 0 fully saturated rings. The fourth-order valence-electron chi connectivity index (χ4n) is 9.98. The van der Waals surface area contributed by atoms with Gasteiger partial charge in [-0.25, -0.2) is 4.98 Å². The minimum absolute atomic E-state index is 0.0611. The number of aromatic nitrogens is 2. The van der Waals surface area contributed by atoms with Gasteiger partial charge in [-0.3, -0.25) is 4.57 Å². The largest absolute Gasteiger partial charge is 0.459 e. The van der Waals surface area contributed by atoms with Gasteiger partial charge in [0.25, 0.3) is 13.4 Å². The maximum Gasteiger partial charge on any atom is 0.255 e. The number of hydrogen-bond donors (Lipinski definition) is 0. The van der Waals surface area contributed by atoms with Crippen LogP contribution in [0.2, 0.25) is 0 Å². The average Bonchev–Trinajstić information content (AvgIpc) is 3.86. The molecule has 0 radical (unpaired) electrons. The molecule has 278 valence electrons. The van der Waals surface area contributed by atoms with Crippen LogP contribution in [-0.4, -0.2) is 23.0 Å². The van der Waals surface area contributed by atoms with Gasteiger partial charge in [0.1, 0.15) is 23.0 Å². The molecule has 8 aromatic carbocycles. The topological polar surface area (TPSA) is 36.3 Å². The predicted molar refractivity (Wildman–Crippen MR) is 252 cm³/mol. The van der Waals surface area contributed by atoms with E-state index in [2.05, 4.69) is 193 Å². The summed E-state index contributed by atoms with van der Waals surface area (Å²) in [6.07, 6.45) is 1.95. The van der Waals surface area contributed by atoms with E-state index in [-0.39, 0.29) is 13.4 Å². The summed E-state index contributed by atoms with van der Waals surface area (Å²) >= 11 is 1.81. The van der Waals surface area contributed by atoms with E-state index in [0.29, 0.717) is 0 Å². The van der Waals surface area contributed by atoms with Crippen LogP contribution in [0.25, 0.3) is 58.9 Å². The Hall–Kier alpha value is -7.34. The van der Waals surface area contributed by atoms with Crippen LogP contribution in [0, 0.1) is 0 Å². The molecule has 3 aromatic heterocycles. The Balaban J connectivity index is 1.04. The lowest BCUT2D eigenvalue weighted by Gasteiger charge is -2.34. The first-order valence-electron chi connectivity index (χ1n) is 20.4. The number of benzene rings is 8. The van der Waals surface area contributed by atoms with Crippen LogP contribution >= 0.6 is 11.3 Å². The lowest BCUT2D eigenvalue weighted by atomic mass is 9.31. The first-order valence-corrected chi connectivity index (χ1v) is 21.2. The van der Waals surface area contributed by atoms with Crippen molar-refractivity contribution in [3.05, 3.63) is 194 Å². The smallest absolute Gasteiger partial charge is 0.255 e. The Labute approximate surface area is 351 Å². The van der Waals surface area contributed by atoms with Crippen LogP contribution in [-0.2, 0) is 0 Å². The molecule has 0 saturated carbocycles. The van der Waals surface area contributed by atoms with E-state index in [0.717, 1.165) is 61.7 Å². The molecule has 2 aliphatic rings. The molecule has 7 heteroatoms. The molecule has 0 spiro atoms. The molecule has 0 amide bonds. The summed E-state index contributed by atoms with van der Waals surface area (Å²) < 4.78 is 18.8. The maximum absolute atomic E-state index is 7.13. The van der Waals surface area contributed by atoms with Crippen molar-refractivity contribution in [3.8, 4) is 39.9 Å². The Morgan fingerprint density at radius 3 is 2.02 bits per heavy atom. The lowest BCUT2D eigenvalue weighted by molar-refractivity contribution is 0.469. The molecular weight excluding hydrogens is 750 g/mol. The zero-order chi connectivity index (χ0) is 39.3. The monoisotopic (exact) mass is 782 g/mol. The van der Waals surface area contributed by atoms with Crippen molar-refractivity contribution in [2.24, 2.45) is 0 Å². The van der Waals surface area contributed by atoms with Crippen molar-refractivity contribution in [1.82, 2.24) is 9.55 Å². The average molecular weight is 783 g/mol. The van der Waals surface area contributed by atoms with Gasteiger partial charge in [0.2, 0.25) is 0 Å². The summed E-state index contributed by atoms with van der Waals surface area (Å²) in [6, 6.07) is 67.4. The molecule has 11 aromatic rings. The highest BCUT2D eigenvalue weighted by atomic mass is 32.1. The summed E-state index contributed by atoms with van der Waals surface area (Å²) in [5.74, 6) is 4.36. The first kappa shape index (κ1) is 33.6. The molecular formula is C53H32B2N2O2S. The molecule has 0 aliphatic carbocycles. The van der Waals surface area contributed by atoms with Gasteiger partial charge in [0.05, 0.1) is 15.7 Å². The third-order valence-electron chi connectivity index (χ3n) is 12.6. The van der Waals surface area contributed by atoms with E-state index in [4.69, 9.17) is 14.5 Å². The van der Waals surface area contributed by atoms with Crippen molar-refractivity contribution in [1.29, 1.82) is 0 Å². The van der Waals surface area contributed by atoms with Crippen LogP contribution in [0.4, 0.5) is 0 Å². The lowest BCUT2D eigenvalue weighted by Crippen LogP contribution is -2.60. The molecule has 0 N–H and O–H groups in total. The Morgan fingerprint density at radius 1 is 0.467 bits per heavy atom. The van der Waals surface area contributed by atoms with E-state index >= 15 is 0 Å². The minimum atomic E-state index is -0.161. The molecule has 5 heterocycles. The minimum Gasteiger partial charge on any atom is -0.459 e. The standard InChI is InChI=1S/C53H32B2N2O2S/c1-2-14-33(15-3-1)35-16-4-7-19-40(35)55-42-21-9-12-24-47(42)59-51-43(55)27-29-48-50(51)54(41-20-8-11-23-46(41)58-48)34-26-28-45-39(32-34)36-17-5-10-22-44(36)57(45)53-52-38(30-31-56-53)37-18-6-13-25-49(37)60-52/h1-32H. The third-order valence-corrected chi connectivity index (χ3v) is 13.7. The molecule has 2 aliphatic heterocycles. The molecule has 13 rings (SSSR count). The molecule has 4 nitrogen and oxygen atoms in total. The number of nitrogens with zero attached hydrogens (tertiary/aromatic N) is 2. The SMILES string of the molecule is c1ccc(-c2ccccc2B2c3ccccc3Oc3c2ccc2c3B(c3ccc4c(c3)c3ccccc3n4-c3nccc4c3sc3ccccc34)c3ccccc3O2)cc1. The fraction of sp³-hybridized carbons (Fsp3) is 0. The highest BCUT2D eigenvalue weighted by Gasteiger charge is 2.42. The van der Waals surface area contributed by atoms with Crippen molar-refractivity contribution < 1.29 is 9.47 Å². The van der Waals surface area contributed by atoms with Gasteiger partial charge in [-0.15, -0.1) is 11.3 Å². The number of pyridine rings is 1. The molecule has 60 heavy (non-hydrogen) atoms. The second-order valence-corrected chi connectivity index (χ2v) is 16.8. The van der Waals surface area contributed by atoms with E-state index in [1.165, 1.54) is 53.0 Å². The van der Waals surface area contributed by atoms with Gasteiger partial charge in [-0.1, -0.05) is 157 Å². The van der Waals surface area contributed by atoms with Crippen molar-refractivity contribution in [2.45, 2.75) is 0 Å². The van der Waals surface area contributed by atoms with E-state index in [1.807, 2.05) is 17.5 Å². The molecule has 0 saturated heterocycles. The van der Waals surface area contributed by atoms with Crippen molar-refractivity contribution >= 4 is 99.5 Å². The van der Waals surface area contributed by atoms with Crippen LogP contribution < -0.4 is 42.3 Å². The van der Waals surface area contributed by atoms with Gasteiger partial charge in [-0.2, -0.15) is 0 Å². The number of rotatable bonds is 4. The van der Waals surface area contributed by atoms with Gasteiger partial charge in [0.15, 0.2) is 5.82 Å². The second kappa shape index (κ2) is 13.1. The predicted octanol–water partition coefficient (Wildman–Crippen LogP) is 9.46. The summed E-state index contributed by atoms with van der Waals surface area (Å²) in [4.78, 5) is 5.08. The molecule has 0 atom stereocenters. The van der Waals surface area contributed by atoms with Crippen LogP contribution in [0.3, 0.4) is 0 Å². The third kappa shape index (κ3) is 4.90. The quantitative estimate of drug-likeness (QED) is 0.167. The van der Waals surface area contributed by atoms with E-state index < -0.39 is 0 Å². The van der Waals surface area contributed by atoms with Crippen molar-refractivity contribution in [3.63, 3.8) is 0 Å². The first-order chi connectivity index (χ1) is 29.8. The fourth-order valence-corrected chi connectivity index (χ4v) is 11.2. The van der Waals surface area contributed by atoms with E-state index in [1.54, 1.807) is 0 Å². The summed E-state index contributed by atoms with van der Waals surface area (Å²) in [6.45, 7) is -0.222. The normalized spacial score (nSPS) is 12.9. The van der Waals surface area contributed by atoms with E-state index in [9.17, 15) is 0 Å². The van der Waals surface area contributed by atoms with Gasteiger partial charge >= 0.3 is 0 Å². The number of ether oxygens (including phenoxy) is 2.